The van der Waals surface area contributed by atoms with Gasteiger partial charge in [-0.25, -0.2) is 4.98 Å². The van der Waals surface area contributed by atoms with Crippen LogP contribution in [0.4, 0.5) is 0 Å². The van der Waals surface area contributed by atoms with Crippen molar-refractivity contribution in [3.05, 3.63) is 40.8 Å². The lowest BCUT2D eigenvalue weighted by Crippen LogP contribution is -2.02. The van der Waals surface area contributed by atoms with Crippen LogP contribution in [0.5, 0.6) is 0 Å². The lowest BCUT2D eigenvalue weighted by molar-refractivity contribution is 0.575. The molecule has 0 saturated carbocycles. The molecule has 0 spiro atoms. The van der Waals surface area contributed by atoms with Gasteiger partial charge in [0, 0.05) is 12.4 Å². The van der Waals surface area contributed by atoms with E-state index in [9.17, 15) is 0 Å². The molecule has 0 bridgehead atoms. The Kier molecular flexibility index (Phi) is 2.85. The third-order valence-corrected chi connectivity index (χ3v) is 2.95. The number of aromatic nitrogens is 5. The van der Waals surface area contributed by atoms with Gasteiger partial charge >= 0.3 is 0 Å². The van der Waals surface area contributed by atoms with Gasteiger partial charge in [-0.15, -0.1) is 0 Å². The second kappa shape index (κ2) is 4.51. The maximum absolute atomic E-state index is 5.88. The molecular formula is C10H5BrClN5O. The molecule has 0 aliphatic heterocycles. The van der Waals surface area contributed by atoms with Crippen molar-refractivity contribution in [1.29, 1.82) is 0 Å². The maximum atomic E-state index is 5.88. The molecule has 0 radical (unpaired) electrons. The van der Waals surface area contributed by atoms with Crippen LogP contribution in [0.25, 0.3) is 17.5 Å². The highest BCUT2D eigenvalue weighted by Gasteiger charge is 2.14. The average Bonchev–Trinajstić information content (AvgIpc) is 2.98. The standard InChI is InChI=1S/C10H5BrClN5O/c11-6-1-4-18-7(6)8-14-9(12)16-10(15-8)17-3-2-13-5-17/h1-5H. The number of hydrogen-bond donors (Lipinski definition) is 0. The number of halogens is 2. The lowest BCUT2D eigenvalue weighted by atomic mass is 10.4. The molecule has 3 aromatic rings. The Hall–Kier alpha value is -1.73. The highest BCUT2D eigenvalue weighted by atomic mass is 79.9. The quantitative estimate of drug-likeness (QED) is 0.724. The summed E-state index contributed by atoms with van der Waals surface area (Å²) >= 11 is 9.23. The lowest BCUT2D eigenvalue weighted by Gasteiger charge is -2.02. The predicted octanol–water partition coefficient (Wildman–Crippen LogP) is 2.73. The molecule has 6 nitrogen and oxygen atoms in total. The van der Waals surface area contributed by atoms with Crippen LogP contribution in [0.15, 0.2) is 39.9 Å². The van der Waals surface area contributed by atoms with Gasteiger partial charge in [0.2, 0.25) is 17.1 Å². The zero-order valence-corrected chi connectivity index (χ0v) is 11.1. The first-order valence-corrected chi connectivity index (χ1v) is 6.04. The van der Waals surface area contributed by atoms with Gasteiger partial charge in [-0.2, -0.15) is 15.0 Å². The fourth-order valence-corrected chi connectivity index (χ4v) is 1.92. The highest BCUT2D eigenvalue weighted by molar-refractivity contribution is 9.10. The van der Waals surface area contributed by atoms with Crippen molar-refractivity contribution in [1.82, 2.24) is 24.5 Å². The average molecular weight is 327 g/mol. The number of rotatable bonds is 2. The molecule has 18 heavy (non-hydrogen) atoms. The zero-order valence-electron chi connectivity index (χ0n) is 8.79. The van der Waals surface area contributed by atoms with E-state index in [0.29, 0.717) is 17.5 Å². The first-order chi connectivity index (χ1) is 8.74. The molecule has 3 heterocycles. The summed E-state index contributed by atoms with van der Waals surface area (Å²) in [5, 5.41) is 0.0898. The van der Waals surface area contributed by atoms with E-state index < -0.39 is 0 Å². The van der Waals surface area contributed by atoms with Crippen LogP contribution in [-0.2, 0) is 0 Å². The first-order valence-electron chi connectivity index (χ1n) is 4.87. The number of hydrogen-bond acceptors (Lipinski definition) is 5. The van der Waals surface area contributed by atoms with Gasteiger partial charge in [-0.3, -0.25) is 4.57 Å². The highest BCUT2D eigenvalue weighted by Crippen LogP contribution is 2.27. The van der Waals surface area contributed by atoms with Crippen molar-refractivity contribution in [2.24, 2.45) is 0 Å². The first kappa shape index (κ1) is 11.4. The largest absolute Gasteiger partial charge is 0.460 e. The van der Waals surface area contributed by atoms with Gasteiger partial charge in [0.25, 0.3) is 0 Å². The second-order valence-corrected chi connectivity index (χ2v) is 4.49. The maximum Gasteiger partial charge on any atom is 0.239 e. The molecule has 0 atom stereocenters. The van der Waals surface area contributed by atoms with Gasteiger partial charge in [0.05, 0.1) is 10.7 Å². The summed E-state index contributed by atoms with van der Waals surface area (Å²) in [5.74, 6) is 1.24. The van der Waals surface area contributed by atoms with Crippen LogP contribution in [0.1, 0.15) is 0 Å². The molecule has 0 fully saturated rings. The van der Waals surface area contributed by atoms with Gasteiger partial charge < -0.3 is 4.42 Å². The monoisotopic (exact) mass is 325 g/mol. The van der Waals surface area contributed by atoms with Crippen LogP contribution in [0, 0.1) is 0 Å². The third-order valence-electron chi connectivity index (χ3n) is 2.15. The van der Waals surface area contributed by atoms with E-state index in [2.05, 4.69) is 35.9 Å². The smallest absolute Gasteiger partial charge is 0.239 e. The summed E-state index contributed by atoms with van der Waals surface area (Å²) in [4.78, 5) is 16.3. The van der Waals surface area contributed by atoms with Crippen molar-refractivity contribution in [3.8, 4) is 17.5 Å². The third kappa shape index (κ3) is 2.02. The SMILES string of the molecule is Clc1nc(-c2occc2Br)nc(-n2ccnc2)n1. The molecule has 8 heteroatoms. The van der Waals surface area contributed by atoms with E-state index in [-0.39, 0.29) is 5.28 Å². The Bertz CT molecular complexity index is 681. The Morgan fingerprint density at radius 2 is 2.17 bits per heavy atom. The van der Waals surface area contributed by atoms with Crippen LogP contribution in [-0.4, -0.2) is 24.5 Å². The van der Waals surface area contributed by atoms with Gasteiger partial charge in [0.15, 0.2) is 5.76 Å². The summed E-state index contributed by atoms with van der Waals surface area (Å²) in [7, 11) is 0. The van der Waals surface area contributed by atoms with Crippen LogP contribution >= 0.6 is 27.5 Å². The van der Waals surface area contributed by atoms with Crippen molar-refractivity contribution < 1.29 is 4.42 Å². The van der Waals surface area contributed by atoms with E-state index in [0.717, 1.165) is 4.47 Å². The minimum absolute atomic E-state index is 0.0898. The van der Waals surface area contributed by atoms with E-state index >= 15 is 0 Å². The number of imidazole rings is 1. The molecule has 3 aromatic heterocycles. The Balaban J connectivity index is 2.15. The summed E-state index contributed by atoms with van der Waals surface area (Å²) in [6.07, 6.45) is 6.45. The fourth-order valence-electron chi connectivity index (χ4n) is 1.39. The van der Waals surface area contributed by atoms with E-state index in [1.54, 1.807) is 29.4 Å². The van der Waals surface area contributed by atoms with Crippen molar-refractivity contribution in [3.63, 3.8) is 0 Å². The molecule has 0 N–H and O–H groups in total. The van der Waals surface area contributed by atoms with Gasteiger partial charge in [-0.05, 0) is 33.6 Å². The van der Waals surface area contributed by atoms with Crippen molar-refractivity contribution in [2.45, 2.75) is 0 Å². The van der Waals surface area contributed by atoms with Crippen molar-refractivity contribution in [2.75, 3.05) is 0 Å². The molecule has 0 unspecified atom stereocenters. The molecule has 0 saturated heterocycles. The normalized spacial score (nSPS) is 10.8. The van der Waals surface area contributed by atoms with Crippen LogP contribution in [0.2, 0.25) is 5.28 Å². The van der Waals surface area contributed by atoms with Gasteiger partial charge in [-0.1, -0.05) is 0 Å². The zero-order chi connectivity index (χ0) is 12.5. The Labute approximate surface area is 115 Å². The van der Waals surface area contributed by atoms with Crippen LogP contribution < -0.4 is 0 Å². The topological polar surface area (TPSA) is 69.6 Å². The van der Waals surface area contributed by atoms with Crippen molar-refractivity contribution >= 4 is 27.5 Å². The summed E-state index contributed by atoms with van der Waals surface area (Å²) in [6, 6.07) is 1.75. The molecular weight excluding hydrogens is 322 g/mol. The number of nitrogens with zero attached hydrogens (tertiary/aromatic N) is 5. The second-order valence-electron chi connectivity index (χ2n) is 3.30. The summed E-state index contributed by atoms with van der Waals surface area (Å²) < 4.78 is 7.68. The van der Waals surface area contributed by atoms with E-state index in [4.69, 9.17) is 16.0 Å². The van der Waals surface area contributed by atoms with Gasteiger partial charge in [0.1, 0.15) is 6.33 Å². The molecule has 0 aromatic carbocycles. The molecule has 0 aliphatic carbocycles. The molecule has 0 aliphatic rings. The van der Waals surface area contributed by atoms with E-state index in [1.807, 2.05) is 0 Å². The fraction of sp³-hybridized carbons (Fsp3) is 0. The van der Waals surface area contributed by atoms with Crippen LogP contribution in [0.3, 0.4) is 0 Å². The Morgan fingerprint density at radius 1 is 1.28 bits per heavy atom. The minimum Gasteiger partial charge on any atom is -0.460 e. The Morgan fingerprint density at radius 3 is 2.83 bits per heavy atom. The molecule has 3 rings (SSSR count). The summed E-state index contributed by atoms with van der Waals surface area (Å²) in [5.41, 5.74) is 0. The van der Waals surface area contributed by atoms with E-state index in [1.165, 1.54) is 6.26 Å². The molecule has 0 amide bonds. The number of furan rings is 1. The molecule has 90 valence electrons. The predicted molar refractivity (Wildman–Crippen MR) is 67.4 cm³/mol. The minimum atomic E-state index is 0.0898. The summed E-state index contributed by atoms with van der Waals surface area (Å²) in [6.45, 7) is 0.